The molecule has 0 aromatic heterocycles. The van der Waals surface area contributed by atoms with Crippen LogP contribution in [0.25, 0.3) is 0 Å². The van der Waals surface area contributed by atoms with Crippen molar-refractivity contribution < 1.29 is 14.8 Å². The van der Waals surface area contributed by atoms with E-state index in [-0.39, 0.29) is 11.3 Å². The number of likely N-dealkylation sites (tertiary alicyclic amines) is 1. The van der Waals surface area contributed by atoms with Crippen LogP contribution >= 0.6 is 0 Å². The van der Waals surface area contributed by atoms with Gasteiger partial charge in [0.15, 0.2) is 0 Å². The summed E-state index contributed by atoms with van der Waals surface area (Å²) in [6.45, 7) is 1.46. The maximum atomic E-state index is 12.6. The maximum absolute atomic E-state index is 12.6. The van der Waals surface area contributed by atoms with E-state index in [2.05, 4.69) is 12.1 Å². The van der Waals surface area contributed by atoms with Gasteiger partial charge in [0.2, 0.25) is 5.91 Å². The van der Waals surface area contributed by atoms with Crippen molar-refractivity contribution in [2.24, 2.45) is 5.41 Å². The zero-order valence-corrected chi connectivity index (χ0v) is 14.6. The monoisotopic (exact) mass is 350 g/mol. The van der Waals surface area contributed by atoms with Gasteiger partial charge in [0.05, 0.1) is 0 Å². The molecular formula is C21H22N2O3. The van der Waals surface area contributed by atoms with Gasteiger partial charge in [0, 0.05) is 30.5 Å². The third-order valence-electron chi connectivity index (χ3n) is 5.68. The Morgan fingerprint density at radius 3 is 2.69 bits per heavy atom. The number of benzene rings is 2. The van der Waals surface area contributed by atoms with Crippen LogP contribution in [0.5, 0.6) is 0 Å². The fraction of sp³-hybridized carbons (Fsp3) is 0.333. The molecule has 5 heteroatoms. The average Bonchev–Trinajstić information content (AvgIpc) is 2.96. The number of fused-ring (bicyclic) bond motifs is 1. The molecule has 1 aliphatic carbocycles. The standard InChI is InChI=1S/C21H22N2O3/c24-19-12-21(14-23(19)13-15-4-2-1-3-5-15)9-8-16-10-17(20(25)22-26)6-7-18(16)11-21/h1-7,10,26H,8-9,11-14H2,(H,22,25). The highest BCUT2D eigenvalue weighted by Gasteiger charge is 2.44. The molecule has 1 atom stereocenters. The number of amides is 2. The number of carbonyl (C=O) groups excluding carboxylic acids is 2. The zero-order chi connectivity index (χ0) is 18.1. The number of hydroxylamine groups is 1. The smallest absolute Gasteiger partial charge is 0.274 e. The minimum absolute atomic E-state index is 0.000379. The van der Waals surface area contributed by atoms with E-state index >= 15 is 0 Å². The topological polar surface area (TPSA) is 69.6 Å². The van der Waals surface area contributed by atoms with E-state index in [0.29, 0.717) is 18.5 Å². The number of hydrogen-bond donors (Lipinski definition) is 2. The molecule has 5 nitrogen and oxygen atoms in total. The first kappa shape index (κ1) is 16.8. The van der Waals surface area contributed by atoms with Crippen LogP contribution < -0.4 is 5.48 Å². The van der Waals surface area contributed by atoms with Crippen molar-refractivity contribution >= 4 is 11.8 Å². The Balaban J connectivity index is 1.51. The Labute approximate surface area is 152 Å². The highest BCUT2D eigenvalue weighted by Crippen LogP contribution is 2.43. The molecule has 2 aromatic rings. The van der Waals surface area contributed by atoms with E-state index in [9.17, 15) is 9.59 Å². The molecule has 4 rings (SSSR count). The van der Waals surface area contributed by atoms with Gasteiger partial charge in [-0.25, -0.2) is 5.48 Å². The molecule has 0 bridgehead atoms. The summed E-state index contributed by atoms with van der Waals surface area (Å²) in [5, 5.41) is 8.80. The van der Waals surface area contributed by atoms with Crippen molar-refractivity contribution in [1.29, 1.82) is 0 Å². The van der Waals surface area contributed by atoms with Crippen LogP contribution in [-0.2, 0) is 24.2 Å². The van der Waals surface area contributed by atoms with Crippen LogP contribution in [-0.4, -0.2) is 28.5 Å². The SMILES string of the molecule is O=C(NO)c1ccc2c(c1)CCC1(CC(=O)N(Cc3ccccc3)C1)C2. The van der Waals surface area contributed by atoms with Crippen LogP contribution in [0.15, 0.2) is 48.5 Å². The summed E-state index contributed by atoms with van der Waals surface area (Å²) in [5.41, 5.74) is 5.66. The number of rotatable bonds is 3. The first-order valence-corrected chi connectivity index (χ1v) is 8.97. The number of carbonyl (C=O) groups is 2. The van der Waals surface area contributed by atoms with Crippen molar-refractivity contribution in [3.8, 4) is 0 Å². The van der Waals surface area contributed by atoms with Crippen molar-refractivity contribution in [2.75, 3.05) is 6.54 Å². The van der Waals surface area contributed by atoms with Gasteiger partial charge in [-0.3, -0.25) is 14.8 Å². The largest absolute Gasteiger partial charge is 0.338 e. The average molecular weight is 350 g/mol. The summed E-state index contributed by atoms with van der Waals surface area (Å²) in [7, 11) is 0. The number of hydrogen-bond acceptors (Lipinski definition) is 3. The number of nitrogens with one attached hydrogen (secondary N) is 1. The van der Waals surface area contributed by atoms with Gasteiger partial charge in [0.25, 0.3) is 5.91 Å². The van der Waals surface area contributed by atoms with E-state index in [4.69, 9.17) is 5.21 Å². The molecule has 1 unspecified atom stereocenters. The molecule has 0 radical (unpaired) electrons. The summed E-state index contributed by atoms with van der Waals surface area (Å²) in [6.07, 6.45) is 3.26. The molecule has 2 amide bonds. The minimum atomic E-state index is -0.488. The summed E-state index contributed by atoms with van der Waals surface area (Å²) < 4.78 is 0. The summed E-state index contributed by atoms with van der Waals surface area (Å²) in [4.78, 5) is 26.2. The van der Waals surface area contributed by atoms with Crippen molar-refractivity contribution in [3.05, 3.63) is 70.8 Å². The van der Waals surface area contributed by atoms with E-state index < -0.39 is 5.91 Å². The lowest BCUT2D eigenvalue weighted by Gasteiger charge is -2.34. The minimum Gasteiger partial charge on any atom is -0.338 e. The first-order chi connectivity index (χ1) is 12.6. The molecule has 2 aromatic carbocycles. The van der Waals surface area contributed by atoms with Gasteiger partial charge in [-0.2, -0.15) is 0 Å². The molecule has 2 aliphatic rings. The fourth-order valence-electron chi connectivity index (χ4n) is 4.34. The lowest BCUT2D eigenvalue weighted by molar-refractivity contribution is -0.128. The second-order valence-electron chi connectivity index (χ2n) is 7.51. The van der Waals surface area contributed by atoms with Gasteiger partial charge in [-0.15, -0.1) is 0 Å². The van der Waals surface area contributed by atoms with Crippen molar-refractivity contribution in [3.63, 3.8) is 0 Å². The van der Waals surface area contributed by atoms with Crippen molar-refractivity contribution in [1.82, 2.24) is 10.4 Å². The van der Waals surface area contributed by atoms with Gasteiger partial charge in [-0.05, 0) is 48.1 Å². The van der Waals surface area contributed by atoms with E-state index in [0.717, 1.165) is 36.9 Å². The normalized spacial score (nSPS) is 21.7. The number of aryl methyl sites for hydroxylation is 1. The third kappa shape index (κ3) is 3.10. The molecule has 1 fully saturated rings. The predicted octanol–water partition coefficient (Wildman–Crippen LogP) is 2.71. The van der Waals surface area contributed by atoms with Gasteiger partial charge in [-0.1, -0.05) is 36.4 Å². The Morgan fingerprint density at radius 2 is 1.92 bits per heavy atom. The third-order valence-corrected chi connectivity index (χ3v) is 5.68. The van der Waals surface area contributed by atoms with Crippen LogP contribution in [0, 0.1) is 5.41 Å². The molecule has 134 valence electrons. The van der Waals surface area contributed by atoms with E-state index in [1.54, 1.807) is 11.5 Å². The van der Waals surface area contributed by atoms with Crippen LogP contribution in [0.1, 0.15) is 39.9 Å². The lowest BCUT2D eigenvalue weighted by atomic mass is 9.70. The summed E-state index contributed by atoms with van der Waals surface area (Å²) in [5.74, 6) is -0.258. The molecule has 1 aliphatic heterocycles. The first-order valence-electron chi connectivity index (χ1n) is 8.97. The van der Waals surface area contributed by atoms with Gasteiger partial charge < -0.3 is 4.90 Å². The molecule has 1 heterocycles. The summed E-state index contributed by atoms with van der Waals surface area (Å²) >= 11 is 0. The summed E-state index contributed by atoms with van der Waals surface area (Å²) in [6, 6.07) is 15.7. The Hall–Kier alpha value is -2.66. The van der Waals surface area contributed by atoms with E-state index in [1.165, 1.54) is 5.56 Å². The second kappa shape index (κ2) is 6.57. The molecule has 0 saturated carbocycles. The zero-order valence-electron chi connectivity index (χ0n) is 14.6. The Bertz CT molecular complexity index is 850. The second-order valence-corrected chi connectivity index (χ2v) is 7.51. The van der Waals surface area contributed by atoms with Crippen LogP contribution in [0.4, 0.5) is 0 Å². The Kier molecular flexibility index (Phi) is 4.24. The quantitative estimate of drug-likeness (QED) is 0.661. The lowest BCUT2D eigenvalue weighted by Crippen LogP contribution is -2.33. The molecule has 1 spiro atoms. The fourth-order valence-corrected chi connectivity index (χ4v) is 4.34. The van der Waals surface area contributed by atoms with Gasteiger partial charge in [0.1, 0.15) is 0 Å². The molecule has 1 saturated heterocycles. The number of nitrogens with zero attached hydrogens (tertiary/aromatic N) is 1. The van der Waals surface area contributed by atoms with Gasteiger partial charge >= 0.3 is 0 Å². The van der Waals surface area contributed by atoms with E-state index in [1.807, 2.05) is 35.2 Å². The van der Waals surface area contributed by atoms with Crippen LogP contribution in [0.3, 0.4) is 0 Å². The molecular weight excluding hydrogens is 328 g/mol. The highest BCUT2D eigenvalue weighted by atomic mass is 16.5. The highest BCUT2D eigenvalue weighted by molar-refractivity contribution is 5.93. The molecule has 2 N–H and O–H groups in total. The Morgan fingerprint density at radius 1 is 1.12 bits per heavy atom. The van der Waals surface area contributed by atoms with Crippen LogP contribution in [0.2, 0.25) is 0 Å². The predicted molar refractivity (Wildman–Crippen MR) is 96.6 cm³/mol. The maximum Gasteiger partial charge on any atom is 0.274 e. The molecule has 26 heavy (non-hydrogen) atoms. The van der Waals surface area contributed by atoms with Crippen molar-refractivity contribution in [2.45, 2.75) is 32.2 Å².